The van der Waals surface area contributed by atoms with Crippen LogP contribution in [0.2, 0.25) is 0 Å². The molecular weight excluding hydrogens is 222 g/mol. The van der Waals surface area contributed by atoms with Crippen molar-refractivity contribution in [3.63, 3.8) is 0 Å². The first-order valence-electron chi connectivity index (χ1n) is 6.20. The van der Waals surface area contributed by atoms with Gasteiger partial charge < -0.3 is 15.7 Å². The van der Waals surface area contributed by atoms with Crippen molar-refractivity contribution >= 4 is 12.1 Å². The highest BCUT2D eigenvalue weighted by Crippen LogP contribution is 2.02. The maximum atomic E-state index is 11.7. The molecule has 0 unspecified atom stereocenters. The second kappa shape index (κ2) is 7.89. The average molecular weight is 243 g/mol. The van der Waals surface area contributed by atoms with E-state index in [9.17, 15) is 9.59 Å². The van der Waals surface area contributed by atoms with Crippen molar-refractivity contribution in [3.05, 3.63) is 0 Å². The lowest BCUT2D eigenvalue weighted by Crippen LogP contribution is -2.47. The number of nitrogens with zero attached hydrogens (tertiary/aromatic N) is 1. The molecule has 6 nitrogen and oxygen atoms in total. The standard InChI is InChI=1S/C11H21N3O3/c15-9-5-1-2-6-12-10(16)14-8-4-3-7-13-11(14)17/h15H,1-9H2,(H,12,16)(H,13,17). The van der Waals surface area contributed by atoms with Gasteiger partial charge in [-0.1, -0.05) is 0 Å². The summed E-state index contributed by atoms with van der Waals surface area (Å²) in [4.78, 5) is 24.4. The van der Waals surface area contributed by atoms with Crippen molar-refractivity contribution in [3.8, 4) is 0 Å². The maximum Gasteiger partial charge on any atom is 0.325 e. The molecule has 1 saturated heterocycles. The van der Waals surface area contributed by atoms with Crippen LogP contribution in [0.3, 0.4) is 0 Å². The molecule has 0 atom stereocenters. The van der Waals surface area contributed by atoms with Gasteiger partial charge in [-0.3, -0.25) is 0 Å². The minimum absolute atomic E-state index is 0.183. The van der Waals surface area contributed by atoms with Crippen LogP contribution in [-0.4, -0.2) is 48.3 Å². The van der Waals surface area contributed by atoms with Crippen molar-refractivity contribution in [2.24, 2.45) is 0 Å². The van der Waals surface area contributed by atoms with E-state index in [2.05, 4.69) is 10.6 Å². The van der Waals surface area contributed by atoms with Crippen LogP contribution in [0.1, 0.15) is 32.1 Å². The van der Waals surface area contributed by atoms with E-state index in [-0.39, 0.29) is 18.7 Å². The summed E-state index contributed by atoms with van der Waals surface area (Å²) in [7, 11) is 0. The number of nitrogens with one attached hydrogen (secondary N) is 2. The topological polar surface area (TPSA) is 81.7 Å². The molecule has 1 fully saturated rings. The highest BCUT2D eigenvalue weighted by Gasteiger charge is 2.22. The van der Waals surface area contributed by atoms with Crippen LogP contribution in [0.15, 0.2) is 0 Å². The van der Waals surface area contributed by atoms with Crippen molar-refractivity contribution in [1.29, 1.82) is 0 Å². The Kier molecular flexibility index (Phi) is 6.39. The van der Waals surface area contributed by atoms with E-state index < -0.39 is 0 Å². The van der Waals surface area contributed by atoms with Gasteiger partial charge in [-0.2, -0.15) is 0 Å². The molecule has 4 amide bonds. The molecule has 0 bridgehead atoms. The first-order chi connectivity index (χ1) is 8.25. The van der Waals surface area contributed by atoms with Gasteiger partial charge in [-0.05, 0) is 32.1 Å². The molecule has 98 valence electrons. The number of amides is 4. The lowest BCUT2D eigenvalue weighted by Gasteiger charge is -2.18. The van der Waals surface area contributed by atoms with Crippen LogP contribution >= 0.6 is 0 Å². The average Bonchev–Trinajstić information content (AvgIpc) is 2.53. The Balaban J connectivity index is 2.23. The summed E-state index contributed by atoms with van der Waals surface area (Å²) in [6.45, 7) is 1.85. The molecule has 6 heteroatoms. The Labute approximate surface area is 101 Å². The van der Waals surface area contributed by atoms with E-state index in [1.54, 1.807) is 0 Å². The van der Waals surface area contributed by atoms with Gasteiger partial charge in [0.25, 0.3) is 0 Å². The van der Waals surface area contributed by atoms with Crippen LogP contribution < -0.4 is 10.6 Å². The molecule has 0 saturated carbocycles. The zero-order valence-electron chi connectivity index (χ0n) is 10.1. The summed E-state index contributed by atoms with van der Waals surface area (Å²) in [5, 5.41) is 14.0. The molecule has 1 aliphatic rings. The van der Waals surface area contributed by atoms with E-state index >= 15 is 0 Å². The van der Waals surface area contributed by atoms with Gasteiger partial charge in [0.05, 0.1) is 0 Å². The second-order valence-corrected chi connectivity index (χ2v) is 4.11. The van der Waals surface area contributed by atoms with Crippen molar-refractivity contribution in [2.45, 2.75) is 32.1 Å². The van der Waals surface area contributed by atoms with Crippen LogP contribution in [0.25, 0.3) is 0 Å². The highest BCUT2D eigenvalue weighted by molar-refractivity contribution is 5.93. The van der Waals surface area contributed by atoms with Crippen LogP contribution in [-0.2, 0) is 0 Å². The highest BCUT2D eigenvalue weighted by atomic mass is 16.3. The molecule has 0 aromatic rings. The van der Waals surface area contributed by atoms with Gasteiger partial charge in [0.15, 0.2) is 0 Å². The van der Waals surface area contributed by atoms with Gasteiger partial charge in [0, 0.05) is 26.2 Å². The number of rotatable bonds is 5. The van der Waals surface area contributed by atoms with Crippen molar-refractivity contribution < 1.29 is 14.7 Å². The summed E-state index contributed by atoms with van der Waals surface area (Å²) >= 11 is 0. The third kappa shape index (κ3) is 5.04. The van der Waals surface area contributed by atoms with Gasteiger partial charge in [-0.15, -0.1) is 0 Å². The Bertz CT molecular complexity index is 258. The van der Waals surface area contributed by atoms with E-state index in [0.717, 1.165) is 32.1 Å². The number of aliphatic hydroxyl groups is 1. The fourth-order valence-corrected chi connectivity index (χ4v) is 1.69. The summed E-state index contributed by atoms with van der Waals surface area (Å²) in [6, 6.07) is -0.635. The summed E-state index contributed by atoms with van der Waals surface area (Å²) in [5.41, 5.74) is 0. The van der Waals surface area contributed by atoms with Gasteiger partial charge in [0.2, 0.25) is 0 Å². The largest absolute Gasteiger partial charge is 0.396 e. The summed E-state index contributed by atoms with van der Waals surface area (Å²) in [6.07, 6.45) is 4.20. The SMILES string of the molecule is O=C(NCCCCCO)N1CCCCNC1=O. The Morgan fingerprint density at radius 1 is 1.35 bits per heavy atom. The predicted octanol–water partition coefficient (Wildman–Crippen LogP) is 0.664. The van der Waals surface area contributed by atoms with Gasteiger partial charge in [0.1, 0.15) is 0 Å². The molecule has 0 spiro atoms. The third-order valence-corrected chi connectivity index (χ3v) is 2.69. The Morgan fingerprint density at radius 2 is 2.18 bits per heavy atom. The molecule has 3 N–H and O–H groups in total. The molecule has 1 heterocycles. The van der Waals surface area contributed by atoms with Gasteiger partial charge >= 0.3 is 12.1 Å². The fraction of sp³-hybridized carbons (Fsp3) is 0.818. The summed E-state index contributed by atoms with van der Waals surface area (Å²) < 4.78 is 0. The molecule has 1 rings (SSSR count). The third-order valence-electron chi connectivity index (χ3n) is 2.69. The molecular formula is C11H21N3O3. The van der Waals surface area contributed by atoms with E-state index in [1.165, 1.54) is 4.90 Å². The number of carbonyl (C=O) groups excluding carboxylic acids is 2. The van der Waals surface area contributed by atoms with Crippen molar-refractivity contribution in [1.82, 2.24) is 15.5 Å². The molecule has 17 heavy (non-hydrogen) atoms. The normalized spacial score (nSPS) is 16.3. The van der Waals surface area contributed by atoms with Crippen LogP contribution in [0.5, 0.6) is 0 Å². The number of imide groups is 1. The quantitative estimate of drug-likeness (QED) is 0.620. The molecule has 0 aliphatic carbocycles. The number of carbonyl (C=O) groups is 2. The number of hydrogen-bond donors (Lipinski definition) is 3. The molecule has 0 aromatic carbocycles. The van der Waals surface area contributed by atoms with E-state index in [1.807, 2.05) is 0 Å². The maximum absolute atomic E-state index is 11.7. The molecule has 0 radical (unpaired) electrons. The van der Waals surface area contributed by atoms with Crippen LogP contribution in [0, 0.1) is 0 Å². The zero-order valence-corrected chi connectivity index (χ0v) is 10.1. The fourth-order valence-electron chi connectivity index (χ4n) is 1.69. The number of hydrogen-bond acceptors (Lipinski definition) is 3. The number of urea groups is 2. The first-order valence-corrected chi connectivity index (χ1v) is 6.20. The lowest BCUT2D eigenvalue weighted by atomic mass is 10.2. The van der Waals surface area contributed by atoms with Crippen LogP contribution in [0.4, 0.5) is 9.59 Å². The minimum Gasteiger partial charge on any atom is -0.396 e. The van der Waals surface area contributed by atoms with E-state index in [0.29, 0.717) is 19.6 Å². The first kappa shape index (κ1) is 13.8. The smallest absolute Gasteiger partial charge is 0.325 e. The summed E-state index contributed by atoms with van der Waals surface area (Å²) in [5.74, 6) is 0. The predicted molar refractivity (Wildman–Crippen MR) is 63.7 cm³/mol. The van der Waals surface area contributed by atoms with Crippen molar-refractivity contribution in [2.75, 3.05) is 26.2 Å². The van der Waals surface area contributed by atoms with E-state index in [4.69, 9.17) is 5.11 Å². The molecule has 1 aliphatic heterocycles. The zero-order chi connectivity index (χ0) is 12.5. The molecule has 0 aromatic heterocycles. The lowest BCUT2D eigenvalue weighted by molar-refractivity contribution is 0.188. The Hall–Kier alpha value is -1.30. The second-order valence-electron chi connectivity index (χ2n) is 4.11. The minimum atomic E-state index is -0.326. The Morgan fingerprint density at radius 3 is 2.94 bits per heavy atom. The van der Waals surface area contributed by atoms with Gasteiger partial charge in [-0.25, -0.2) is 14.5 Å². The monoisotopic (exact) mass is 243 g/mol. The number of aliphatic hydroxyl groups excluding tert-OH is 1. The number of unbranched alkanes of at least 4 members (excludes halogenated alkanes) is 2.